The number of rotatable bonds is 6. The van der Waals surface area contributed by atoms with Gasteiger partial charge in [-0.2, -0.15) is 0 Å². The first-order chi connectivity index (χ1) is 9.56. The van der Waals surface area contributed by atoms with Gasteiger partial charge in [-0.1, -0.05) is 16.8 Å². The van der Waals surface area contributed by atoms with Gasteiger partial charge in [-0.25, -0.2) is 4.68 Å². The molecule has 0 atom stereocenters. The number of aliphatic carboxylic acids is 1. The molecule has 2 aromatic rings. The summed E-state index contributed by atoms with van der Waals surface area (Å²) < 4.78 is 2.49. The van der Waals surface area contributed by atoms with Crippen molar-refractivity contribution in [2.75, 3.05) is 0 Å². The number of unbranched alkanes of at least 4 members (excludes halogenated alkanes) is 1. The molecule has 7 heteroatoms. The Kier molecular flexibility index (Phi) is 5.14. The molecule has 1 aromatic heterocycles. The van der Waals surface area contributed by atoms with Crippen LogP contribution in [0.5, 0.6) is 0 Å². The van der Waals surface area contributed by atoms with E-state index in [-0.39, 0.29) is 6.42 Å². The molecule has 0 amide bonds. The van der Waals surface area contributed by atoms with Gasteiger partial charge in [0.2, 0.25) is 0 Å². The second kappa shape index (κ2) is 6.85. The van der Waals surface area contributed by atoms with Crippen LogP contribution in [0, 0.1) is 0 Å². The zero-order chi connectivity index (χ0) is 14.5. The van der Waals surface area contributed by atoms with Crippen molar-refractivity contribution < 1.29 is 9.90 Å². The van der Waals surface area contributed by atoms with E-state index in [0.29, 0.717) is 11.4 Å². The molecule has 0 fully saturated rings. The summed E-state index contributed by atoms with van der Waals surface area (Å²) >= 11 is 9.37. The average Bonchev–Trinajstić information content (AvgIpc) is 2.86. The van der Waals surface area contributed by atoms with E-state index in [4.69, 9.17) is 16.7 Å². The third kappa shape index (κ3) is 4.05. The van der Waals surface area contributed by atoms with Crippen molar-refractivity contribution >= 4 is 33.5 Å². The van der Waals surface area contributed by atoms with E-state index in [1.807, 2.05) is 18.3 Å². The Morgan fingerprint density at radius 3 is 2.90 bits per heavy atom. The van der Waals surface area contributed by atoms with Gasteiger partial charge in [0, 0.05) is 10.9 Å². The summed E-state index contributed by atoms with van der Waals surface area (Å²) in [5.74, 6) is -0.766. The van der Waals surface area contributed by atoms with Crippen molar-refractivity contribution in [2.45, 2.75) is 25.7 Å². The molecule has 5 nitrogen and oxygen atoms in total. The maximum Gasteiger partial charge on any atom is 0.303 e. The zero-order valence-corrected chi connectivity index (χ0v) is 12.9. The number of nitrogens with zero attached hydrogens (tertiary/aromatic N) is 3. The minimum absolute atomic E-state index is 0.191. The van der Waals surface area contributed by atoms with Crippen molar-refractivity contribution in [1.82, 2.24) is 15.0 Å². The quantitative estimate of drug-likeness (QED) is 0.803. The fourth-order valence-electron chi connectivity index (χ4n) is 1.75. The van der Waals surface area contributed by atoms with Crippen LogP contribution in [0.2, 0.25) is 5.02 Å². The number of carboxylic acid groups (broad SMARTS) is 1. The number of carbonyl (C=O) groups is 1. The molecule has 2 rings (SSSR count). The van der Waals surface area contributed by atoms with Crippen molar-refractivity contribution in [2.24, 2.45) is 0 Å². The molecule has 20 heavy (non-hydrogen) atoms. The molecule has 0 bridgehead atoms. The Labute approximate surface area is 129 Å². The van der Waals surface area contributed by atoms with Crippen molar-refractivity contribution in [3.8, 4) is 5.69 Å². The fourth-order valence-corrected chi connectivity index (χ4v) is 2.17. The molecular weight excluding hydrogens is 346 g/mol. The number of carboxylic acids is 1. The monoisotopic (exact) mass is 357 g/mol. The van der Waals surface area contributed by atoms with Crippen LogP contribution in [0.15, 0.2) is 28.9 Å². The highest BCUT2D eigenvalue weighted by atomic mass is 79.9. The summed E-state index contributed by atoms with van der Waals surface area (Å²) in [4.78, 5) is 10.4. The first-order valence-electron chi connectivity index (χ1n) is 6.14. The number of aromatic nitrogens is 3. The third-order valence-corrected chi connectivity index (χ3v) is 4.01. The van der Waals surface area contributed by atoms with E-state index in [2.05, 4.69) is 26.2 Å². The van der Waals surface area contributed by atoms with E-state index < -0.39 is 5.97 Å². The second-order valence-electron chi connectivity index (χ2n) is 4.35. The van der Waals surface area contributed by atoms with E-state index in [9.17, 15) is 4.79 Å². The molecule has 1 aromatic carbocycles. The fraction of sp³-hybridized carbons (Fsp3) is 0.308. The Morgan fingerprint density at radius 2 is 2.20 bits per heavy atom. The van der Waals surface area contributed by atoms with Crippen LogP contribution >= 0.6 is 27.5 Å². The standard InChI is InChI=1S/C13H13BrClN3O2/c14-11-6-5-10(7-12(11)15)18-8-9(16-17-18)3-1-2-4-13(19)20/h5-8H,1-4H2,(H,19,20). The summed E-state index contributed by atoms with van der Waals surface area (Å²) in [5, 5.41) is 17.3. The molecular formula is C13H13BrClN3O2. The first-order valence-corrected chi connectivity index (χ1v) is 7.32. The number of halogens is 2. The number of benzene rings is 1. The van der Waals surface area contributed by atoms with Gasteiger partial charge < -0.3 is 5.11 Å². The van der Waals surface area contributed by atoms with Gasteiger partial charge in [0.05, 0.1) is 22.6 Å². The summed E-state index contributed by atoms with van der Waals surface area (Å²) in [5.41, 5.74) is 1.68. The molecule has 0 aliphatic rings. The van der Waals surface area contributed by atoms with E-state index >= 15 is 0 Å². The lowest BCUT2D eigenvalue weighted by atomic mass is 10.1. The Morgan fingerprint density at radius 1 is 1.40 bits per heavy atom. The summed E-state index contributed by atoms with van der Waals surface area (Å²) in [6, 6.07) is 5.54. The lowest BCUT2D eigenvalue weighted by molar-refractivity contribution is -0.137. The SMILES string of the molecule is O=C(O)CCCCc1cn(-c2ccc(Br)c(Cl)c2)nn1. The zero-order valence-electron chi connectivity index (χ0n) is 10.6. The van der Waals surface area contributed by atoms with Crippen LogP contribution in [0.25, 0.3) is 5.69 Å². The Hall–Kier alpha value is -1.40. The molecule has 1 heterocycles. The minimum Gasteiger partial charge on any atom is -0.481 e. The highest BCUT2D eigenvalue weighted by molar-refractivity contribution is 9.10. The molecule has 0 aliphatic carbocycles. The lowest BCUT2D eigenvalue weighted by Crippen LogP contribution is -1.95. The average molecular weight is 359 g/mol. The minimum atomic E-state index is -0.766. The molecule has 0 saturated carbocycles. The molecule has 0 aliphatic heterocycles. The van der Waals surface area contributed by atoms with Gasteiger partial charge in [0.15, 0.2) is 0 Å². The maximum absolute atomic E-state index is 10.4. The molecule has 0 saturated heterocycles. The van der Waals surface area contributed by atoms with Gasteiger partial charge in [0.1, 0.15) is 0 Å². The first kappa shape index (κ1) is 15.0. The van der Waals surface area contributed by atoms with E-state index in [0.717, 1.165) is 28.7 Å². The molecule has 106 valence electrons. The maximum atomic E-state index is 10.4. The van der Waals surface area contributed by atoms with Gasteiger partial charge in [0.25, 0.3) is 0 Å². The normalized spacial score (nSPS) is 10.7. The van der Waals surface area contributed by atoms with Gasteiger partial charge in [-0.3, -0.25) is 4.79 Å². The van der Waals surface area contributed by atoms with Crippen molar-refractivity contribution in [3.05, 3.63) is 39.6 Å². The topological polar surface area (TPSA) is 68.0 Å². The summed E-state index contributed by atoms with van der Waals surface area (Å²) in [6.45, 7) is 0. The van der Waals surface area contributed by atoms with Crippen LogP contribution in [0.3, 0.4) is 0 Å². The smallest absolute Gasteiger partial charge is 0.303 e. The molecule has 0 spiro atoms. The lowest BCUT2D eigenvalue weighted by Gasteiger charge is -2.01. The highest BCUT2D eigenvalue weighted by Crippen LogP contribution is 2.24. The predicted octanol–water partition coefficient (Wildman–Crippen LogP) is 3.48. The van der Waals surface area contributed by atoms with Crippen LogP contribution < -0.4 is 0 Å². The van der Waals surface area contributed by atoms with Crippen LogP contribution in [0.4, 0.5) is 0 Å². The van der Waals surface area contributed by atoms with Gasteiger partial charge in [-0.05, 0) is 53.4 Å². The van der Waals surface area contributed by atoms with Crippen molar-refractivity contribution in [1.29, 1.82) is 0 Å². The second-order valence-corrected chi connectivity index (χ2v) is 5.62. The predicted molar refractivity (Wildman–Crippen MR) is 79.3 cm³/mol. The van der Waals surface area contributed by atoms with E-state index in [1.165, 1.54) is 0 Å². The van der Waals surface area contributed by atoms with Gasteiger partial charge >= 0.3 is 5.97 Å². The van der Waals surface area contributed by atoms with Crippen LogP contribution in [0.1, 0.15) is 25.0 Å². The molecule has 0 unspecified atom stereocenters. The number of hydrogen-bond acceptors (Lipinski definition) is 3. The molecule has 0 radical (unpaired) electrons. The largest absolute Gasteiger partial charge is 0.481 e. The summed E-state index contributed by atoms with van der Waals surface area (Å²) in [6.07, 6.45) is 4.17. The third-order valence-electron chi connectivity index (χ3n) is 2.78. The van der Waals surface area contributed by atoms with E-state index in [1.54, 1.807) is 10.7 Å². The summed E-state index contributed by atoms with van der Waals surface area (Å²) in [7, 11) is 0. The number of aryl methyl sites for hydroxylation is 1. The number of hydrogen-bond donors (Lipinski definition) is 1. The Bertz CT molecular complexity index is 615. The Balaban J connectivity index is 1.97. The van der Waals surface area contributed by atoms with Crippen LogP contribution in [-0.4, -0.2) is 26.1 Å². The highest BCUT2D eigenvalue weighted by Gasteiger charge is 2.05. The van der Waals surface area contributed by atoms with Crippen molar-refractivity contribution in [3.63, 3.8) is 0 Å². The molecule has 1 N–H and O–H groups in total. The van der Waals surface area contributed by atoms with Gasteiger partial charge in [-0.15, -0.1) is 5.10 Å². The van der Waals surface area contributed by atoms with Crippen LogP contribution in [-0.2, 0) is 11.2 Å².